The number of fused-ring (bicyclic) bond motifs is 1. The molecule has 1 aromatic heterocycles. The standard InChI is InChI=1S/C12H14N2O3S/c15-18(16,8-9-4-3-7-13-9)12-14-10-5-1-2-6-11(10)17-12/h1-2,5-6,9,13H,3-4,7-8H2/t9-/m0/s1. The van der Waals surface area contributed by atoms with E-state index in [0.29, 0.717) is 11.1 Å². The van der Waals surface area contributed by atoms with Crippen LogP contribution in [0.2, 0.25) is 0 Å². The van der Waals surface area contributed by atoms with Crippen LogP contribution in [0.1, 0.15) is 12.8 Å². The van der Waals surface area contributed by atoms with Crippen LogP contribution >= 0.6 is 0 Å². The summed E-state index contributed by atoms with van der Waals surface area (Å²) in [5.74, 6) is 0.0554. The molecule has 2 aromatic rings. The van der Waals surface area contributed by atoms with Gasteiger partial charge in [0.25, 0.3) is 0 Å². The Labute approximate surface area is 105 Å². The van der Waals surface area contributed by atoms with Crippen LogP contribution in [0.5, 0.6) is 0 Å². The summed E-state index contributed by atoms with van der Waals surface area (Å²) in [5.41, 5.74) is 1.09. The van der Waals surface area contributed by atoms with E-state index in [1.54, 1.807) is 24.3 Å². The topological polar surface area (TPSA) is 72.2 Å². The second-order valence-corrected chi connectivity index (χ2v) is 6.43. The first kappa shape index (κ1) is 11.7. The predicted octanol–water partition coefficient (Wildman–Crippen LogP) is 1.35. The van der Waals surface area contributed by atoms with Gasteiger partial charge in [0, 0.05) is 6.04 Å². The van der Waals surface area contributed by atoms with Crippen molar-refractivity contribution in [1.29, 1.82) is 0 Å². The molecule has 3 rings (SSSR count). The molecule has 0 spiro atoms. The van der Waals surface area contributed by atoms with Crippen molar-refractivity contribution in [1.82, 2.24) is 10.3 Å². The van der Waals surface area contributed by atoms with Crippen molar-refractivity contribution in [2.75, 3.05) is 12.3 Å². The molecule has 0 saturated carbocycles. The molecule has 0 bridgehead atoms. The number of oxazole rings is 1. The Kier molecular flexibility index (Phi) is 2.83. The molecule has 1 atom stereocenters. The van der Waals surface area contributed by atoms with Gasteiger partial charge in [-0.15, -0.1) is 0 Å². The number of hydrogen-bond acceptors (Lipinski definition) is 5. The van der Waals surface area contributed by atoms with Crippen LogP contribution in [0.4, 0.5) is 0 Å². The van der Waals surface area contributed by atoms with E-state index in [2.05, 4.69) is 10.3 Å². The lowest BCUT2D eigenvalue weighted by atomic mass is 10.3. The molecule has 1 fully saturated rings. The predicted molar refractivity (Wildman–Crippen MR) is 67.1 cm³/mol. The number of aromatic nitrogens is 1. The highest BCUT2D eigenvalue weighted by Gasteiger charge is 2.27. The van der Waals surface area contributed by atoms with Crippen LogP contribution < -0.4 is 5.32 Å². The highest BCUT2D eigenvalue weighted by Crippen LogP contribution is 2.20. The van der Waals surface area contributed by atoms with Gasteiger partial charge in [-0.1, -0.05) is 12.1 Å². The highest BCUT2D eigenvalue weighted by molar-refractivity contribution is 7.91. The van der Waals surface area contributed by atoms with Crippen molar-refractivity contribution in [3.8, 4) is 0 Å². The van der Waals surface area contributed by atoms with Gasteiger partial charge in [-0.3, -0.25) is 0 Å². The summed E-state index contributed by atoms with van der Waals surface area (Å²) in [6, 6.07) is 7.08. The van der Waals surface area contributed by atoms with Crippen molar-refractivity contribution in [3.63, 3.8) is 0 Å². The van der Waals surface area contributed by atoms with Crippen LogP contribution in [-0.4, -0.2) is 31.7 Å². The van der Waals surface area contributed by atoms with E-state index < -0.39 is 9.84 Å². The maximum Gasteiger partial charge on any atom is 0.316 e. The third kappa shape index (κ3) is 2.13. The van der Waals surface area contributed by atoms with Gasteiger partial charge >= 0.3 is 5.22 Å². The van der Waals surface area contributed by atoms with Crippen LogP contribution in [0.25, 0.3) is 11.1 Å². The van der Waals surface area contributed by atoms with Gasteiger partial charge < -0.3 is 9.73 Å². The monoisotopic (exact) mass is 266 g/mol. The molecule has 1 aliphatic rings. The van der Waals surface area contributed by atoms with E-state index in [9.17, 15) is 8.42 Å². The number of nitrogens with one attached hydrogen (secondary N) is 1. The molecule has 96 valence electrons. The van der Waals surface area contributed by atoms with Gasteiger partial charge in [0.2, 0.25) is 9.84 Å². The first-order valence-corrected chi connectivity index (χ1v) is 7.62. The summed E-state index contributed by atoms with van der Waals surface area (Å²) in [6.45, 7) is 0.883. The van der Waals surface area contributed by atoms with Crippen molar-refractivity contribution >= 4 is 20.9 Å². The molecular weight excluding hydrogens is 252 g/mol. The lowest BCUT2D eigenvalue weighted by Gasteiger charge is -2.07. The van der Waals surface area contributed by atoms with Gasteiger partial charge in [0.1, 0.15) is 5.52 Å². The fourth-order valence-corrected chi connectivity index (χ4v) is 3.63. The SMILES string of the molecule is O=S(=O)(C[C@@H]1CCCN1)c1nc2ccccc2o1. The maximum atomic E-state index is 12.2. The summed E-state index contributed by atoms with van der Waals surface area (Å²) in [6.07, 6.45) is 1.91. The molecule has 2 heterocycles. The molecule has 0 aliphatic carbocycles. The van der Waals surface area contributed by atoms with Crippen LogP contribution in [0, 0.1) is 0 Å². The zero-order valence-corrected chi connectivity index (χ0v) is 10.6. The molecule has 1 saturated heterocycles. The summed E-state index contributed by atoms with van der Waals surface area (Å²) in [4.78, 5) is 4.04. The third-order valence-corrected chi connectivity index (χ3v) is 4.67. The Morgan fingerprint density at radius 2 is 2.22 bits per heavy atom. The summed E-state index contributed by atoms with van der Waals surface area (Å²) >= 11 is 0. The van der Waals surface area contributed by atoms with Gasteiger partial charge in [-0.25, -0.2) is 8.42 Å². The molecule has 1 N–H and O–H groups in total. The number of rotatable bonds is 3. The Hall–Kier alpha value is -1.40. The molecule has 1 aromatic carbocycles. The van der Waals surface area contributed by atoms with Gasteiger partial charge in [0.15, 0.2) is 5.58 Å². The smallest absolute Gasteiger partial charge is 0.316 e. The zero-order chi connectivity index (χ0) is 12.6. The molecule has 1 aliphatic heterocycles. The van der Waals surface area contributed by atoms with Crippen LogP contribution in [0.15, 0.2) is 33.9 Å². The first-order valence-electron chi connectivity index (χ1n) is 5.97. The lowest BCUT2D eigenvalue weighted by molar-refractivity contribution is 0.455. The van der Waals surface area contributed by atoms with E-state index in [0.717, 1.165) is 19.4 Å². The fourth-order valence-electron chi connectivity index (χ4n) is 2.22. The molecule has 0 radical (unpaired) electrons. The molecule has 0 unspecified atom stereocenters. The molecular formula is C12H14N2O3S. The largest absolute Gasteiger partial charge is 0.428 e. The van der Waals surface area contributed by atoms with E-state index in [1.807, 2.05) is 0 Å². The van der Waals surface area contributed by atoms with Gasteiger partial charge in [-0.2, -0.15) is 4.98 Å². The minimum Gasteiger partial charge on any atom is -0.428 e. The summed E-state index contributed by atoms with van der Waals surface area (Å²) in [7, 11) is -3.45. The Balaban J connectivity index is 1.92. The molecule has 5 nitrogen and oxygen atoms in total. The van der Waals surface area contributed by atoms with Crippen molar-refractivity contribution in [2.24, 2.45) is 0 Å². The second kappa shape index (κ2) is 4.37. The van der Waals surface area contributed by atoms with Gasteiger partial charge in [0.05, 0.1) is 5.75 Å². The second-order valence-electron chi connectivity index (χ2n) is 4.52. The Bertz CT molecular complexity index is 624. The normalized spacial score (nSPS) is 20.6. The van der Waals surface area contributed by atoms with E-state index >= 15 is 0 Å². The van der Waals surface area contributed by atoms with Crippen LogP contribution in [0.3, 0.4) is 0 Å². The molecule has 18 heavy (non-hydrogen) atoms. The lowest BCUT2D eigenvalue weighted by Crippen LogP contribution is -2.30. The van der Waals surface area contributed by atoms with Crippen molar-refractivity contribution in [3.05, 3.63) is 24.3 Å². The summed E-state index contributed by atoms with van der Waals surface area (Å²) < 4.78 is 29.6. The highest BCUT2D eigenvalue weighted by atomic mass is 32.2. The maximum absolute atomic E-state index is 12.2. The summed E-state index contributed by atoms with van der Waals surface area (Å²) in [5, 5.41) is 3.00. The molecule has 6 heteroatoms. The quantitative estimate of drug-likeness (QED) is 0.908. The fraction of sp³-hybridized carbons (Fsp3) is 0.417. The average molecular weight is 266 g/mol. The number of sulfone groups is 1. The Morgan fingerprint density at radius 3 is 2.94 bits per heavy atom. The third-order valence-electron chi connectivity index (χ3n) is 3.12. The zero-order valence-electron chi connectivity index (χ0n) is 9.80. The minimum absolute atomic E-state index is 0.0185. The van der Waals surface area contributed by atoms with Crippen LogP contribution in [-0.2, 0) is 9.84 Å². The van der Waals surface area contributed by atoms with Crippen molar-refractivity contribution < 1.29 is 12.8 Å². The van der Waals surface area contributed by atoms with E-state index in [-0.39, 0.29) is 17.0 Å². The number of benzene rings is 1. The first-order chi connectivity index (χ1) is 8.65. The average Bonchev–Trinajstić information content (AvgIpc) is 2.96. The Morgan fingerprint density at radius 1 is 1.39 bits per heavy atom. The van der Waals surface area contributed by atoms with Gasteiger partial charge in [-0.05, 0) is 31.5 Å². The molecule has 0 amide bonds. The minimum atomic E-state index is -3.45. The number of nitrogens with zero attached hydrogens (tertiary/aromatic N) is 1. The number of hydrogen-bond donors (Lipinski definition) is 1. The van der Waals surface area contributed by atoms with E-state index in [4.69, 9.17) is 4.42 Å². The van der Waals surface area contributed by atoms with E-state index in [1.165, 1.54) is 0 Å². The number of para-hydroxylation sites is 2. The van der Waals surface area contributed by atoms with Crippen molar-refractivity contribution in [2.45, 2.75) is 24.1 Å².